The highest BCUT2D eigenvalue weighted by atomic mass is 16.5. The van der Waals surface area contributed by atoms with Crippen molar-refractivity contribution < 1.29 is 43.9 Å². The lowest BCUT2D eigenvalue weighted by Gasteiger charge is -2.63. The van der Waals surface area contributed by atoms with Gasteiger partial charge in [-0.25, -0.2) is 4.79 Å². The molecule has 71 heavy (non-hydrogen) atoms. The van der Waals surface area contributed by atoms with Crippen molar-refractivity contribution in [3.05, 3.63) is 107 Å². The fourth-order valence-corrected chi connectivity index (χ4v) is 15.3. The molecule has 15 nitrogen and oxygen atoms in total. The molecule has 6 aliphatic rings. The summed E-state index contributed by atoms with van der Waals surface area (Å²) in [5.74, 6) is -1.70. The smallest absolute Gasteiger partial charge is 0.328 e. The number of carbonyl (C=O) groups excluding carboxylic acids is 3. The number of likely N-dealkylation sites (N-methyl/N-ethyl adjacent to an activating group) is 1. The van der Waals surface area contributed by atoms with Crippen molar-refractivity contribution in [2.24, 2.45) is 11.3 Å². The Morgan fingerprint density at radius 3 is 2.42 bits per heavy atom. The number of rotatable bonds is 11. The second-order valence-corrected chi connectivity index (χ2v) is 21.5. The van der Waals surface area contributed by atoms with E-state index in [9.17, 15) is 20.1 Å². The summed E-state index contributed by atoms with van der Waals surface area (Å²) in [6, 6.07) is 17.2. The zero-order valence-electron chi connectivity index (χ0n) is 41.7. The second-order valence-electron chi connectivity index (χ2n) is 21.5. The molecule has 1 spiro atoms. The van der Waals surface area contributed by atoms with E-state index in [1.807, 2.05) is 92.7 Å². The third kappa shape index (κ3) is 6.68. The van der Waals surface area contributed by atoms with Gasteiger partial charge in [0.05, 0.1) is 32.5 Å². The van der Waals surface area contributed by atoms with Gasteiger partial charge in [-0.2, -0.15) is 0 Å². The number of nitrogens with zero attached hydrogens (tertiary/aromatic N) is 3. The number of anilines is 1. The lowest BCUT2D eigenvalue weighted by Crippen LogP contribution is -2.82. The molecule has 2 saturated heterocycles. The van der Waals surface area contributed by atoms with Gasteiger partial charge in [-0.15, -0.1) is 0 Å². The van der Waals surface area contributed by atoms with Gasteiger partial charge in [0, 0.05) is 108 Å². The number of hydrogen-bond acceptors (Lipinski definition) is 12. The quantitative estimate of drug-likeness (QED) is 0.0767. The molecule has 5 aliphatic heterocycles. The van der Waals surface area contributed by atoms with Crippen LogP contribution in [0.25, 0.3) is 21.8 Å². The number of aromatic nitrogens is 2. The van der Waals surface area contributed by atoms with Crippen LogP contribution in [0.3, 0.4) is 0 Å². The highest BCUT2D eigenvalue weighted by Crippen LogP contribution is 2.67. The lowest BCUT2D eigenvalue weighted by molar-refractivity contribution is -0.204. The molecular formula is C56H68N6O9. The monoisotopic (exact) mass is 969 g/mol. The van der Waals surface area contributed by atoms with Crippen molar-refractivity contribution in [3.8, 4) is 5.75 Å². The first kappa shape index (κ1) is 47.6. The predicted octanol–water partition coefficient (Wildman–Crippen LogP) is 5.02. The van der Waals surface area contributed by atoms with Gasteiger partial charge in [0.15, 0.2) is 5.60 Å². The van der Waals surface area contributed by atoms with E-state index in [0.29, 0.717) is 88.2 Å². The van der Waals surface area contributed by atoms with Gasteiger partial charge in [0.2, 0.25) is 0 Å². The Hall–Kier alpha value is -5.71. The number of piperidine rings is 1. The van der Waals surface area contributed by atoms with Crippen LogP contribution >= 0.6 is 0 Å². The Morgan fingerprint density at radius 2 is 1.69 bits per heavy atom. The van der Waals surface area contributed by atoms with Crippen molar-refractivity contribution in [2.45, 2.75) is 112 Å². The van der Waals surface area contributed by atoms with Crippen LogP contribution in [0.15, 0.2) is 79.0 Å². The minimum absolute atomic E-state index is 0.0716. The van der Waals surface area contributed by atoms with E-state index in [2.05, 4.69) is 37.2 Å². The molecule has 2 bridgehead atoms. The first-order chi connectivity index (χ1) is 34.2. The largest absolute Gasteiger partial charge is 0.496 e. The molecule has 1 saturated carbocycles. The summed E-state index contributed by atoms with van der Waals surface area (Å²) in [7, 11) is 4.88. The molecule has 1 unspecified atom stereocenters. The van der Waals surface area contributed by atoms with Gasteiger partial charge in [0.1, 0.15) is 23.3 Å². The molecule has 11 rings (SSSR count). The average molecular weight is 969 g/mol. The van der Waals surface area contributed by atoms with Gasteiger partial charge >= 0.3 is 11.9 Å². The second kappa shape index (κ2) is 17.2. The van der Waals surface area contributed by atoms with Crippen molar-refractivity contribution in [1.29, 1.82) is 0 Å². The van der Waals surface area contributed by atoms with Crippen LogP contribution in [0.2, 0.25) is 0 Å². The van der Waals surface area contributed by atoms with Crippen LogP contribution in [0, 0.1) is 11.3 Å². The Bertz CT molecular complexity index is 2970. The van der Waals surface area contributed by atoms with Gasteiger partial charge in [-0.3, -0.25) is 19.4 Å². The standard InChI is InChI=1S/C56H68N6O9/c1-7-52(67)28-33-29-55(51(66)70-6,45-37(19-23-61(31-33)32-52)36-16-11-13-18-41(36)58-45)39-26-38-43(27-44(39)69-5)60(4)48-54(38)21-24-62-22-14-20-53(8-2,47(54)62)49(64)56(48,68)50(65)59-42(46(63)71-9-3)25-34-30-57-40-17-12-10-15-35(34)40/h10-18,20,26-27,30,33,42,47-49,57-58,64,67-68H,7-9,19,21-25,28-29,31-32H2,1-6H3,(H,59,65)/t33-,42-,47-,48-,49+,52-,53+,54-,55+,56+/m0/s1. The number of methoxy groups -OCH3 is 2. The third-order valence-corrected chi connectivity index (χ3v) is 18.2. The number of aromatic amines is 2. The molecule has 1 aliphatic carbocycles. The Balaban J connectivity index is 1.12. The van der Waals surface area contributed by atoms with E-state index in [-0.39, 0.29) is 25.0 Å². The zero-order chi connectivity index (χ0) is 49.8. The molecule has 7 heterocycles. The summed E-state index contributed by atoms with van der Waals surface area (Å²) in [6.45, 7) is 8.93. The topological polar surface area (TPSA) is 193 Å². The number of aliphatic hydroxyl groups excluding tert-OH is 1. The summed E-state index contributed by atoms with van der Waals surface area (Å²) < 4.78 is 18.0. The molecule has 3 fully saturated rings. The van der Waals surface area contributed by atoms with Crippen molar-refractivity contribution >= 4 is 45.3 Å². The molecule has 0 radical (unpaired) electrons. The third-order valence-electron chi connectivity index (χ3n) is 18.2. The number of aliphatic hydroxyl groups is 3. The van der Waals surface area contributed by atoms with E-state index in [0.717, 1.165) is 44.2 Å². The summed E-state index contributed by atoms with van der Waals surface area (Å²) in [5.41, 5.74) is -0.692. The molecule has 15 heteroatoms. The molecular weight excluding hydrogens is 901 g/mol. The van der Waals surface area contributed by atoms with E-state index in [1.165, 1.54) is 7.11 Å². The fourth-order valence-electron chi connectivity index (χ4n) is 15.3. The number of esters is 2. The number of H-pyrrole nitrogens is 2. The van der Waals surface area contributed by atoms with Crippen molar-refractivity contribution in [3.63, 3.8) is 0 Å². The number of ether oxygens (including phenoxy) is 3. The summed E-state index contributed by atoms with van der Waals surface area (Å²) in [6.07, 6.45) is 7.17. The van der Waals surface area contributed by atoms with E-state index in [1.54, 1.807) is 14.0 Å². The van der Waals surface area contributed by atoms with Crippen LogP contribution in [0.4, 0.5) is 5.69 Å². The first-order valence-corrected chi connectivity index (χ1v) is 25.6. The average Bonchev–Trinajstić information content (AvgIpc) is 4.15. The fraction of sp³-hybridized carbons (Fsp3) is 0.518. The highest BCUT2D eigenvalue weighted by molar-refractivity contribution is 5.96. The van der Waals surface area contributed by atoms with E-state index < -0.39 is 63.5 Å². The number of nitrogens with one attached hydrogen (secondary N) is 3. The summed E-state index contributed by atoms with van der Waals surface area (Å²) in [5, 5.41) is 44.0. The summed E-state index contributed by atoms with van der Waals surface area (Å²) in [4.78, 5) is 58.9. The zero-order valence-corrected chi connectivity index (χ0v) is 41.7. The maximum Gasteiger partial charge on any atom is 0.328 e. The Kier molecular flexibility index (Phi) is 11.5. The van der Waals surface area contributed by atoms with Gasteiger partial charge in [0.25, 0.3) is 5.91 Å². The number of carbonyl (C=O) groups is 3. The van der Waals surface area contributed by atoms with Crippen LogP contribution < -0.4 is 15.0 Å². The number of amides is 1. The SMILES string of the molecule is CCOC(=O)[C@H](Cc1c[nH]c2ccccc12)NC(=O)[C@]1(O)[C@H](O)[C@]2(CC)C=CCN3CC[C@]4(c5cc([C@]6(C(=O)OC)C[C@H]7CN(CCc8c6[nH]c6ccccc86)C[C@](O)(CC)C7)c(OC)cc5N(C)[C@H]14)[C@@H]32. The number of fused-ring (bicyclic) bond motifs is 7. The molecule has 6 N–H and O–H groups in total. The Morgan fingerprint density at radius 1 is 0.930 bits per heavy atom. The van der Waals surface area contributed by atoms with Crippen molar-refractivity contribution in [2.75, 3.05) is 65.5 Å². The maximum atomic E-state index is 15.7. The number of para-hydroxylation sites is 2. The van der Waals surface area contributed by atoms with Crippen LogP contribution in [-0.4, -0.2) is 149 Å². The molecule has 11 atom stereocenters. The Labute approximate surface area is 414 Å². The van der Waals surface area contributed by atoms with Crippen molar-refractivity contribution in [1.82, 2.24) is 25.1 Å². The maximum absolute atomic E-state index is 15.7. The minimum Gasteiger partial charge on any atom is -0.496 e. The summed E-state index contributed by atoms with van der Waals surface area (Å²) >= 11 is 0. The van der Waals surface area contributed by atoms with Crippen LogP contribution in [0.5, 0.6) is 5.75 Å². The molecule has 1 amide bonds. The van der Waals surface area contributed by atoms with Crippen LogP contribution in [-0.2, 0) is 47.5 Å². The number of hydrogen-bond donors (Lipinski definition) is 6. The van der Waals surface area contributed by atoms with Gasteiger partial charge in [-0.05, 0) is 92.8 Å². The van der Waals surface area contributed by atoms with Gasteiger partial charge < -0.3 is 49.7 Å². The van der Waals surface area contributed by atoms with Gasteiger partial charge in [-0.1, -0.05) is 62.4 Å². The number of benzene rings is 3. The molecule has 5 aromatic rings. The van der Waals surface area contributed by atoms with Crippen LogP contribution in [0.1, 0.15) is 80.8 Å². The normalized spacial score (nSPS) is 33.3. The first-order valence-electron chi connectivity index (χ1n) is 25.6. The lowest BCUT2D eigenvalue weighted by atomic mass is 9.47. The minimum atomic E-state index is -2.50. The molecule has 3 aromatic carbocycles. The van der Waals surface area contributed by atoms with E-state index >= 15 is 9.59 Å². The highest BCUT2D eigenvalue weighted by Gasteiger charge is 2.79. The molecule has 2 aromatic heterocycles. The molecule has 376 valence electrons. The predicted molar refractivity (Wildman–Crippen MR) is 269 cm³/mol. The van der Waals surface area contributed by atoms with E-state index in [4.69, 9.17) is 14.2 Å².